The molecule has 1 aromatic rings. The Morgan fingerprint density at radius 1 is 1.32 bits per heavy atom. The average molecular weight is 265 g/mol. The summed E-state index contributed by atoms with van der Waals surface area (Å²) in [5.41, 5.74) is 0.0206. The molecule has 0 aliphatic carbocycles. The molecular formula is C14H16FNO3. The Morgan fingerprint density at radius 3 is 2.63 bits per heavy atom. The molecule has 0 amide bonds. The van der Waals surface area contributed by atoms with Gasteiger partial charge in [0.15, 0.2) is 0 Å². The molecule has 2 aliphatic rings. The van der Waals surface area contributed by atoms with Crippen molar-refractivity contribution in [2.45, 2.75) is 43.9 Å². The van der Waals surface area contributed by atoms with Crippen LogP contribution in [0.25, 0.3) is 0 Å². The van der Waals surface area contributed by atoms with Crippen LogP contribution >= 0.6 is 0 Å². The van der Waals surface area contributed by atoms with Gasteiger partial charge in [0, 0.05) is 18.2 Å². The number of carboxylic acids is 1. The second kappa shape index (κ2) is 4.81. The molecule has 3 atom stereocenters. The molecule has 2 aliphatic heterocycles. The van der Waals surface area contributed by atoms with E-state index in [9.17, 15) is 9.18 Å². The summed E-state index contributed by atoms with van der Waals surface area (Å²) in [5, 5.41) is 12.6. The van der Waals surface area contributed by atoms with Gasteiger partial charge in [0.05, 0.1) is 0 Å². The third-order valence-electron chi connectivity index (χ3n) is 3.90. The molecule has 2 bridgehead atoms. The fourth-order valence-corrected chi connectivity index (χ4v) is 3.05. The van der Waals surface area contributed by atoms with E-state index in [0.29, 0.717) is 12.1 Å². The van der Waals surface area contributed by atoms with E-state index in [1.807, 2.05) is 0 Å². The van der Waals surface area contributed by atoms with Crippen LogP contribution < -0.4 is 10.1 Å². The molecule has 0 unspecified atom stereocenters. The first kappa shape index (κ1) is 12.4. The van der Waals surface area contributed by atoms with Gasteiger partial charge in [-0.25, -0.2) is 9.18 Å². The molecule has 2 heterocycles. The van der Waals surface area contributed by atoms with E-state index in [1.165, 1.54) is 6.07 Å². The predicted molar refractivity (Wildman–Crippen MR) is 67.0 cm³/mol. The number of carbonyl (C=O) groups is 1. The second-order valence-corrected chi connectivity index (χ2v) is 5.29. The smallest absolute Gasteiger partial charge is 0.339 e. The number of hydrogen-bond acceptors (Lipinski definition) is 3. The van der Waals surface area contributed by atoms with Crippen molar-refractivity contribution >= 4 is 5.97 Å². The van der Waals surface area contributed by atoms with Crippen molar-refractivity contribution in [3.05, 3.63) is 29.6 Å². The number of hydrogen-bond donors (Lipinski definition) is 2. The van der Waals surface area contributed by atoms with E-state index >= 15 is 0 Å². The second-order valence-electron chi connectivity index (χ2n) is 5.29. The number of benzene rings is 1. The maximum absolute atomic E-state index is 13.2. The number of nitrogens with one attached hydrogen (secondary N) is 1. The summed E-state index contributed by atoms with van der Waals surface area (Å²) in [4.78, 5) is 11.1. The van der Waals surface area contributed by atoms with E-state index in [1.54, 1.807) is 0 Å². The summed E-state index contributed by atoms with van der Waals surface area (Å²) in [6, 6.07) is 4.45. The van der Waals surface area contributed by atoms with Crippen LogP contribution in [0.5, 0.6) is 5.75 Å². The van der Waals surface area contributed by atoms with Crippen LogP contribution in [0, 0.1) is 5.82 Å². The van der Waals surface area contributed by atoms with E-state index in [0.717, 1.165) is 37.8 Å². The number of aromatic carboxylic acids is 1. The minimum Gasteiger partial charge on any atom is -0.489 e. The molecule has 102 valence electrons. The first-order valence-electron chi connectivity index (χ1n) is 6.57. The number of piperidine rings is 1. The van der Waals surface area contributed by atoms with Crippen LogP contribution in [-0.4, -0.2) is 29.3 Å². The SMILES string of the molecule is O=C(O)c1ccc(F)cc1O[C@H]1C[C@H]2CC[C@@H](C1)N2. The molecule has 19 heavy (non-hydrogen) atoms. The molecule has 5 heteroatoms. The number of ether oxygens (including phenoxy) is 1. The Kier molecular flexibility index (Phi) is 3.14. The Balaban J connectivity index is 1.79. The monoisotopic (exact) mass is 265 g/mol. The summed E-state index contributed by atoms with van der Waals surface area (Å²) >= 11 is 0. The third-order valence-corrected chi connectivity index (χ3v) is 3.90. The first-order chi connectivity index (χ1) is 9.11. The molecule has 0 saturated carbocycles. The van der Waals surface area contributed by atoms with Crippen LogP contribution in [0.15, 0.2) is 18.2 Å². The van der Waals surface area contributed by atoms with Gasteiger partial charge in [-0.15, -0.1) is 0 Å². The van der Waals surface area contributed by atoms with Crippen LogP contribution in [0.4, 0.5) is 4.39 Å². The fourth-order valence-electron chi connectivity index (χ4n) is 3.05. The van der Waals surface area contributed by atoms with Gasteiger partial charge in [0.1, 0.15) is 23.2 Å². The summed E-state index contributed by atoms with van der Waals surface area (Å²) in [5.74, 6) is -1.43. The normalized spacial score (nSPS) is 29.2. The number of carboxylic acid groups (broad SMARTS) is 1. The molecule has 4 nitrogen and oxygen atoms in total. The van der Waals surface area contributed by atoms with Crippen LogP contribution in [-0.2, 0) is 0 Å². The number of rotatable bonds is 3. The maximum Gasteiger partial charge on any atom is 0.339 e. The minimum atomic E-state index is -1.09. The molecule has 2 fully saturated rings. The molecule has 0 aromatic heterocycles. The highest BCUT2D eigenvalue weighted by Crippen LogP contribution is 2.31. The molecule has 2 saturated heterocycles. The largest absolute Gasteiger partial charge is 0.489 e. The summed E-state index contributed by atoms with van der Waals surface area (Å²) in [6.45, 7) is 0. The van der Waals surface area contributed by atoms with Crippen LogP contribution in [0.3, 0.4) is 0 Å². The van der Waals surface area contributed by atoms with Crippen molar-refractivity contribution in [1.82, 2.24) is 5.32 Å². The molecule has 0 spiro atoms. The third kappa shape index (κ3) is 2.56. The van der Waals surface area contributed by atoms with E-state index < -0.39 is 11.8 Å². The Hall–Kier alpha value is -1.62. The maximum atomic E-state index is 13.2. The molecule has 1 aromatic carbocycles. The van der Waals surface area contributed by atoms with Crippen LogP contribution in [0.2, 0.25) is 0 Å². The number of fused-ring (bicyclic) bond motifs is 2. The van der Waals surface area contributed by atoms with E-state index in [2.05, 4.69) is 5.32 Å². The lowest BCUT2D eigenvalue weighted by Crippen LogP contribution is -2.42. The molecule has 2 N–H and O–H groups in total. The zero-order chi connectivity index (χ0) is 13.4. The van der Waals surface area contributed by atoms with Gasteiger partial charge in [0.25, 0.3) is 0 Å². The minimum absolute atomic E-state index is 0.0206. The summed E-state index contributed by atoms with van der Waals surface area (Å²) in [6.07, 6.45) is 3.95. The zero-order valence-electron chi connectivity index (χ0n) is 10.4. The van der Waals surface area contributed by atoms with Crippen molar-refractivity contribution in [3.63, 3.8) is 0 Å². The van der Waals surface area contributed by atoms with Gasteiger partial charge in [-0.3, -0.25) is 0 Å². The highest BCUT2D eigenvalue weighted by Gasteiger charge is 2.34. The van der Waals surface area contributed by atoms with Crippen LogP contribution in [0.1, 0.15) is 36.0 Å². The summed E-state index contributed by atoms with van der Waals surface area (Å²) in [7, 11) is 0. The lowest BCUT2D eigenvalue weighted by atomic mass is 10.0. The van der Waals surface area contributed by atoms with Crippen molar-refractivity contribution < 1.29 is 19.0 Å². The van der Waals surface area contributed by atoms with Crippen molar-refractivity contribution in [2.75, 3.05) is 0 Å². The highest BCUT2D eigenvalue weighted by molar-refractivity contribution is 5.90. The molecular weight excluding hydrogens is 249 g/mol. The highest BCUT2D eigenvalue weighted by atomic mass is 19.1. The fraction of sp³-hybridized carbons (Fsp3) is 0.500. The Labute approximate surface area is 110 Å². The quantitative estimate of drug-likeness (QED) is 0.879. The summed E-state index contributed by atoms with van der Waals surface area (Å²) < 4.78 is 19.0. The zero-order valence-corrected chi connectivity index (χ0v) is 10.4. The van der Waals surface area contributed by atoms with Gasteiger partial charge < -0.3 is 15.2 Å². The average Bonchev–Trinajstić information content (AvgIpc) is 2.68. The Morgan fingerprint density at radius 2 is 2.00 bits per heavy atom. The van der Waals surface area contributed by atoms with E-state index in [-0.39, 0.29) is 17.4 Å². The van der Waals surface area contributed by atoms with Crippen molar-refractivity contribution in [1.29, 1.82) is 0 Å². The van der Waals surface area contributed by atoms with Gasteiger partial charge in [-0.2, -0.15) is 0 Å². The van der Waals surface area contributed by atoms with Gasteiger partial charge in [-0.1, -0.05) is 0 Å². The van der Waals surface area contributed by atoms with Gasteiger partial charge in [0.2, 0.25) is 0 Å². The van der Waals surface area contributed by atoms with Crippen molar-refractivity contribution in [2.24, 2.45) is 0 Å². The molecule has 0 radical (unpaired) electrons. The predicted octanol–water partition coefficient (Wildman–Crippen LogP) is 2.19. The standard InChI is InChI=1S/C14H16FNO3/c15-8-1-4-12(14(17)18)13(5-8)19-11-6-9-2-3-10(7-11)16-9/h1,4-5,9-11,16H,2-3,6-7H2,(H,17,18)/t9-,10+,11+. The molecule has 3 rings (SSSR count). The van der Waals surface area contributed by atoms with Gasteiger partial charge >= 0.3 is 5.97 Å². The van der Waals surface area contributed by atoms with Crippen molar-refractivity contribution in [3.8, 4) is 5.75 Å². The number of halogens is 1. The van der Waals surface area contributed by atoms with E-state index in [4.69, 9.17) is 9.84 Å². The van der Waals surface area contributed by atoms with Gasteiger partial charge in [-0.05, 0) is 37.8 Å². The lowest BCUT2D eigenvalue weighted by molar-refractivity contribution is 0.0684. The first-order valence-corrected chi connectivity index (χ1v) is 6.57. The lowest BCUT2D eigenvalue weighted by Gasteiger charge is -2.29. The topological polar surface area (TPSA) is 58.6 Å². The Bertz CT molecular complexity index is 493.